The maximum atomic E-state index is 13.4. The second kappa shape index (κ2) is 6.77. The highest BCUT2D eigenvalue weighted by atomic mass is 32.2. The molecule has 106 valence electrons. The van der Waals surface area contributed by atoms with E-state index in [9.17, 15) is 13.4 Å². The quantitative estimate of drug-likeness (QED) is 0.943. The Labute approximate surface area is 123 Å². The Morgan fingerprint density at radius 2 is 1.86 bits per heavy atom. The zero-order valence-corrected chi connectivity index (χ0v) is 11.7. The lowest BCUT2D eigenvalue weighted by atomic mass is 10.2. The van der Waals surface area contributed by atoms with Crippen molar-refractivity contribution >= 4 is 22.4 Å². The number of amides is 1. The number of nitrogens with zero attached hydrogens (tertiary/aromatic N) is 1. The van der Waals surface area contributed by atoms with Crippen molar-refractivity contribution in [3.05, 3.63) is 59.9 Å². The molecule has 0 bridgehead atoms. The van der Waals surface area contributed by atoms with Gasteiger partial charge in [-0.05, 0) is 36.4 Å². The number of carbonyl (C=O) groups is 1. The van der Waals surface area contributed by atoms with E-state index in [1.165, 1.54) is 18.2 Å². The molecule has 2 aromatic carbocycles. The molecule has 1 N–H and O–H groups in total. The van der Waals surface area contributed by atoms with E-state index in [0.29, 0.717) is 11.3 Å². The fourth-order valence-electron chi connectivity index (χ4n) is 1.65. The average molecular weight is 302 g/mol. The van der Waals surface area contributed by atoms with Gasteiger partial charge in [0.1, 0.15) is 11.6 Å². The van der Waals surface area contributed by atoms with Crippen LogP contribution < -0.4 is 5.32 Å². The van der Waals surface area contributed by atoms with Gasteiger partial charge in [-0.2, -0.15) is 5.26 Å². The number of halogens is 1. The van der Waals surface area contributed by atoms with E-state index in [2.05, 4.69) is 5.32 Å². The van der Waals surface area contributed by atoms with Crippen LogP contribution in [0.25, 0.3) is 0 Å². The summed E-state index contributed by atoms with van der Waals surface area (Å²) in [4.78, 5) is 11.8. The Balaban J connectivity index is 2.00. The zero-order chi connectivity index (χ0) is 15.2. The summed E-state index contributed by atoms with van der Waals surface area (Å²) in [6.07, 6.45) is 0. The maximum absolute atomic E-state index is 13.4. The predicted octanol–water partition coefficient (Wildman–Crippen LogP) is 2.44. The van der Waals surface area contributed by atoms with Gasteiger partial charge in [0.15, 0.2) is 0 Å². The highest BCUT2D eigenvalue weighted by molar-refractivity contribution is 7.85. The summed E-state index contributed by atoms with van der Waals surface area (Å²) in [6, 6.07) is 13.9. The van der Waals surface area contributed by atoms with E-state index >= 15 is 0 Å². The van der Waals surface area contributed by atoms with Crippen LogP contribution in [-0.2, 0) is 15.6 Å². The molecule has 0 spiro atoms. The number of hydrogen-bond donors (Lipinski definition) is 1. The molecule has 1 amide bonds. The van der Waals surface area contributed by atoms with Crippen LogP contribution in [0.1, 0.15) is 5.56 Å². The van der Waals surface area contributed by atoms with Gasteiger partial charge >= 0.3 is 0 Å². The van der Waals surface area contributed by atoms with E-state index in [1.54, 1.807) is 30.3 Å². The lowest BCUT2D eigenvalue weighted by Crippen LogP contribution is -2.20. The first-order chi connectivity index (χ1) is 10.1. The van der Waals surface area contributed by atoms with Crippen LogP contribution in [-0.4, -0.2) is 15.9 Å². The summed E-state index contributed by atoms with van der Waals surface area (Å²) >= 11 is 0. The molecule has 1 atom stereocenters. The summed E-state index contributed by atoms with van der Waals surface area (Å²) in [7, 11) is -1.74. The number of nitrogens with one attached hydrogen (secondary N) is 1. The van der Waals surface area contributed by atoms with Gasteiger partial charge in [0.25, 0.3) is 0 Å². The largest absolute Gasteiger partial charge is 0.325 e. The molecule has 0 fully saturated rings. The summed E-state index contributed by atoms with van der Waals surface area (Å²) < 4.78 is 25.4. The van der Waals surface area contributed by atoms with Gasteiger partial charge in [-0.25, -0.2) is 4.39 Å². The van der Waals surface area contributed by atoms with Gasteiger partial charge in [0.05, 0.1) is 27.3 Å². The molecule has 0 aliphatic carbocycles. The molecular formula is C15H11FN2O2S. The molecule has 0 saturated heterocycles. The second-order valence-corrected chi connectivity index (χ2v) is 5.58. The molecule has 1 unspecified atom stereocenters. The number of nitriles is 1. The lowest BCUT2D eigenvalue weighted by molar-refractivity contribution is -0.113. The van der Waals surface area contributed by atoms with Gasteiger partial charge in [-0.3, -0.25) is 9.00 Å². The minimum Gasteiger partial charge on any atom is -0.325 e. The minimum absolute atomic E-state index is 0.00692. The van der Waals surface area contributed by atoms with Crippen LogP contribution in [0.2, 0.25) is 0 Å². The molecule has 21 heavy (non-hydrogen) atoms. The summed E-state index contributed by atoms with van der Waals surface area (Å²) in [6.45, 7) is 0. The van der Waals surface area contributed by atoms with Crippen molar-refractivity contribution in [3.63, 3.8) is 0 Å². The predicted molar refractivity (Wildman–Crippen MR) is 77.5 cm³/mol. The third kappa shape index (κ3) is 3.97. The number of hydrogen-bond acceptors (Lipinski definition) is 3. The summed E-state index contributed by atoms with van der Waals surface area (Å²) in [5, 5.41) is 11.2. The van der Waals surface area contributed by atoms with Crippen LogP contribution in [0.5, 0.6) is 0 Å². The van der Waals surface area contributed by atoms with Crippen LogP contribution in [0.3, 0.4) is 0 Å². The van der Waals surface area contributed by atoms with E-state index in [1.807, 2.05) is 6.07 Å². The van der Waals surface area contributed by atoms with E-state index in [4.69, 9.17) is 5.26 Å². The Hall–Kier alpha value is -2.52. The standard InChI is InChI=1S/C15H11FN2O2S/c16-13-3-1-2-4-14(13)21(20)10-15(19)18-12-7-5-11(9-17)6-8-12/h1-8H,10H2,(H,18,19). The molecule has 4 nitrogen and oxygen atoms in total. The lowest BCUT2D eigenvalue weighted by Gasteiger charge is -2.06. The number of rotatable bonds is 4. The van der Waals surface area contributed by atoms with E-state index in [-0.39, 0.29) is 10.6 Å². The number of carbonyl (C=O) groups excluding carboxylic acids is 1. The Bertz CT molecular complexity index is 723. The van der Waals surface area contributed by atoms with Gasteiger partial charge in [0, 0.05) is 5.69 Å². The van der Waals surface area contributed by atoms with Crippen LogP contribution in [0.4, 0.5) is 10.1 Å². The third-order valence-electron chi connectivity index (χ3n) is 2.64. The molecule has 0 aliphatic rings. The first-order valence-corrected chi connectivity index (χ1v) is 7.35. The average Bonchev–Trinajstić information content (AvgIpc) is 2.48. The van der Waals surface area contributed by atoms with E-state index < -0.39 is 22.5 Å². The molecule has 2 rings (SSSR count). The van der Waals surface area contributed by atoms with Crippen molar-refractivity contribution < 1.29 is 13.4 Å². The monoisotopic (exact) mass is 302 g/mol. The molecule has 0 radical (unpaired) electrons. The van der Waals surface area contributed by atoms with Crippen molar-refractivity contribution in [3.8, 4) is 6.07 Å². The van der Waals surface area contributed by atoms with Gasteiger partial charge in [-0.1, -0.05) is 12.1 Å². The fraction of sp³-hybridized carbons (Fsp3) is 0.0667. The van der Waals surface area contributed by atoms with Crippen molar-refractivity contribution in [2.75, 3.05) is 11.1 Å². The van der Waals surface area contributed by atoms with Crippen LogP contribution in [0, 0.1) is 17.1 Å². The first-order valence-electron chi connectivity index (χ1n) is 6.03. The normalized spacial score (nSPS) is 11.4. The molecule has 6 heteroatoms. The van der Waals surface area contributed by atoms with Gasteiger partial charge in [-0.15, -0.1) is 0 Å². The Morgan fingerprint density at radius 1 is 1.19 bits per heavy atom. The van der Waals surface area contributed by atoms with Gasteiger partial charge in [0.2, 0.25) is 5.91 Å². The van der Waals surface area contributed by atoms with Crippen LogP contribution >= 0.6 is 0 Å². The van der Waals surface area contributed by atoms with Crippen molar-refractivity contribution in [1.29, 1.82) is 5.26 Å². The van der Waals surface area contributed by atoms with Crippen LogP contribution in [0.15, 0.2) is 53.4 Å². The molecule has 0 heterocycles. The molecule has 0 aromatic heterocycles. The Kier molecular flexibility index (Phi) is 4.80. The molecule has 0 saturated carbocycles. The molecular weight excluding hydrogens is 291 g/mol. The van der Waals surface area contributed by atoms with Crippen molar-refractivity contribution in [2.45, 2.75) is 4.90 Å². The number of benzene rings is 2. The topological polar surface area (TPSA) is 70.0 Å². The third-order valence-corrected chi connectivity index (χ3v) is 3.99. The van der Waals surface area contributed by atoms with Crippen molar-refractivity contribution in [1.82, 2.24) is 0 Å². The van der Waals surface area contributed by atoms with E-state index in [0.717, 1.165) is 0 Å². The minimum atomic E-state index is -1.74. The fourth-order valence-corrected chi connectivity index (χ4v) is 2.63. The number of anilines is 1. The second-order valence-electron chi connectivity index (χ2n) is 4.16. The zero-order valence-electron chi connectivity index (χ0n) is 10.9. The highest BCUT2D eigenvalue weighted by Gasteiger charge is 2.13. The smallest absolute Gasteiger partial charge is 0.237 e. The first kappa shape index (κ1) is 14.9. The maximum Gasteiger partial charge on any atom is 0.237 e. The van der Waals surface area contributed by atoms with Gasteiger partial charge < -0.3 is 5.32 Å². The molecule has 0 aliphatic heterocycles. The highest BCUT2D eigenvalue weighted by Crippen LogP contribution is 2.13. The SMILES string of the molecule is N#Cc1ccc(NC(=O)CS(=O)c2ccccc2F)cc1. The Morgan fingerprint density at radius 3 is 2.48 bits per heavy atom. The summed E-state index contributed by atoms with van der Waals surface area (Å²) in [5.41, 5.74) is 0.965. The summed E-state index contributed by atoms with van der Waals surface area (Å²) in [5.74, 6) is -1.41. The van der Waals surface area contributed by atoms with Crippen molar-refractivity contribution in [2.24, 2.45) is 0 Å². The molecule has 2 aromatic rings.